The predicted octanol–water partition coefficient (Wildman–Crippen LogP) is 14.1. The lowest BCUT2D eigenvalue weighted by atomic mass is 9.91. The van der Waals surface area contributed by atoms with Crippen LogP contribution in [0.5, 0.6) is 0 Å². The van der Waals surface area contributed by atoms with Crippen molar-refractivity contribution in [2.45, 2.75) is 26.7 Å². The second-order valence-corrected chi connectivity index (χ2v) is 12.7. The summed E-state index contributed by atoms with van der Waals surface area (Å²) in [6.07, 6.45) is 26.2. The van der Waals surface area contributed by atoms with Crippen LogP contribution >= 0.6 is 0 Å². The normalized spacial score (nSPS) is 13.1. The molecule has 0 atom stereocenters. The summed E-state index contributed by atoms with van der Waals surface area (Å²) in [6, 6.07) is 49.8. The van der Waals surface area contributed by atoms with Crippen LogP contribution in [0.2, 0.25) is 0 Å². The van der Waals surface area contributed by atoms with E-state index >= 15 is 0 Å². The van der Waals surface area contributed by atoms with Crippen LogP contribution in [0, 0.1) is 0 Å². The molecule has 6 aromatic rings. The molecule has 52 heavy (non-hydrogen) atoms. The highest BCUT2D eigenvalue weighted by Crippen LogP contribution is 2.44. The van der Waals surface area contributed by atoms with Crippen molar-refractivity contribution >= 4 is 34.4 Å². The molecule has 0 N–H and O–H groups in total. The van der Waals surface area contributed by atoms with Crippen molar-refractivity contribution in [1.82, 2.24) is 4.57 Å². The first-order valence-corrected chi connectivity index (χ1v) is 18.2. The topological polar surface area (TPSA) is 8.17 Å². The zero-order chi connectivity index (χ0) is 35.5. The standard InChI is InChI=1S/C50H44N2/c1-3-5-6-12-28-42-38-51(43-30-17-7-8-18-31-43)50(40-26-15-10-16-27-40)49(42)46(4-2)41-29-23-34-45(37-41)52(44-32-19-11-20-33-44)48-36-22-21-35-47(48)39-24-13-9-14-25-39/h4-17,19-38H,3,18H2,1-2H3/b6-5-,28-12-,46-4-. The van der Waals surface area contributed by atoms with Crippen LogP contribution in [-0.2, 0) is 0 Å². The predicted molar refractivity (Wildman–Crippen MR) is 225 cm³/mol. The van der Waals surface area contributed by atoms with Gasteiger partial charge in [-0.05, 0) is 78.4 Å². The molecule has 0 amide bonds. The van der Waals surface area contributed by atoms with Gasteiger partial charge in [-0.1, -0.05) is 171 Å². The van der Waals surface area contributed by atoms with E-state index in [-0.39, 0.29) is 0 Å². The van der Waals surface area contributed by atoms with Gasteiger partial charge in [0.05, 0.1) is 11.4 Å². The third-order valence-corrected chi connectivity index (χ3v) is 9.31. The Hall–Kier alpha value is -6.38. The van der Waals surface area contributed by atoms with E-state index in [1.54, 1.807) is 0 Å². The van der Waals surface area contributed by atoms with Gasteiger partial charge in [0.2, 0.25) is 0 Å². The van der Waals surface area contributed by atoms with Crippen LogP contribution in [0.3, 0.4) is 0 Å². The maximum Gasteiger partial charge on any atom is 0.0613 e. The molecule has 0 radical (unpaired) electrons. The summed E-state index contributed by atoms with van der Waals surface area (Å²) in [5.41, 5.74) is 13.9. The average molecular weight is 673 g/mol. The van der Waals surface area contributed by atoms with Crippen LogP contribution in [0.25, 0.3) is 39.7 Å². The molecule has 1 aliphatic rings. The van der Waals surface area contributed by atoms with E-state index in [1.165, 1.54) is 39.1 Å². The van der Waals surface area contributed by atoms with Crippen LogP contribution < -0.4 is 4.90 Å². The van der Waals surface area contributed by atoms with Crippen molar-refractivity contribution in [1.29, 1.82) is 0 Å². The molecular weight excluding hydrogens is 629 g/mol. The molecule has 254 valence electrons. The van der Waals surface area contributed by atoms with Gasteiger partial charge in [0, 0.05) is 40.0 Å². The Morgan fingerprint density at radius 3 is 2.15 bits per heavy atom. The number of nitrogens with zero attached hydrogens (tertiary/aromatic N) is 2. The second-order valence-electron chi connectivity index (χ2n) is 12.7. The molecule has 0 fully saturated rings. The van der Waals surface area contributed by atoms with Gasteiger partial charge < -0.3 is 9.47 Å². The zero-order valence-electron chi connectivity index (χ0n) is 29.9. The van der Waals surface area contributed by atoms with Crippen LogP contribution in [0.4, 0.5) is 17.1 Å². The maximum absolute atomic E-state index is 2.38. The summed E-state index contributed by atoms with van der Waals surface area (Å²) < 4.78 is 2.37. The fraction of sp³-hybridized carbons (Fsp3) is 0.0800. The first kappa shape index (κ1) is 34.1. The average Bonchev–Trinajstić information content (AvgIpc) is 3.35. The summed E-state index contributed by atoms with van der Waals surface area (Å²) in [7, 11) is 0. The monoisotopic (exact) mass is 672 g/mol. The molecule has 1 heterocycles. The maximum atomic E-state index is 2.38. The quantitative estimate of drug-likeness (QED) is 0.124. The van der Waals surface area contributed by atoms with Crippen molar-refractivity contribution in [2.75, 3.05) is 4.90 Å². The van der Waals surface area contributed by atoms with Crippen LogP contribution in [0.1, 0.15) is 43.4 Å². The van der Waals surface area contributed by atoms with Gasteiger partial charge >= 0.3 is 0 Å². The minimum atomic E-state index is 0.882. The van der Waals surface area contributed by atoms with Gasteiger partial charge in [0.25, 0.3) is 0 Å². The largest absolute Gasteiger partial charge is 0.316 e. The fourth-order valence-corrected chi connectivity index (χ4v) is 6.94. The number of allylic oxidation sites excluding steroid dienone is 10. The van der Waals surface area contributed by atoms with Crippen molar-refractivity contribution < 1.29 is 0 Å². The lowest BCUT2D eigenvalue weighted by Crippen LogP contribution is -2.11. The number of anilines is 3. The molecule has 0 saturated carbocycles. The molecule has 0 aliphatic heterocycles. The summed E-state index contributed by atoms with van der Waals surface area (Å²) in [5, 5.41) is 0. The van der Waals surface area contributed by atoms with E-state index in [0.717, 1.165) is 41.2 Å². The van der Waals surface area contributed by atoms with Gasteiger partial charge in [0.1, 0.15) is 0 Å². The lowest BCUT2D eigenvalue weighted by Gasteiger charge is -2.28. The van der Waals surface area contributed by atoms with Gasteiger partial charge in [-0.15, -0.1) is 0 Å². The Morgan fingerprint density at radius 1 is 0.712 bits per heavy atom. The summed E-state index contributed by atoms with van der Waals surface area (Å²) in [5.74, 6) is 0. The number of hydrogen-bond donors (Lipinski definition) is 0. The van der Waals surface area contributed by atoms with E-state index in [2.05, 4.69) is 230 Å². The van der Waals surface area contributed by atoms with Crippen molar-refractivity contribution in [3.8, 4) is 22.4 Å². The van der Waals surface area contributed by atoms with E-state index in [4.69, 9.17) is 0 Å². The molecule has 1 aliphatic carbocycles. The SMILES string of the molecule is C/C=C(/c1cccc(N(c2ccccc2)c2ccccc2-c2ccccc2)c1)c1c(/C=C\C=C/CC)cn(C2=CCC=CC=C2)c1-c1ccccc1. The minimum Gasteiger partial charge on any atom is -0.316 e. The van der Waals surface area contributed by atoms with E-state index in [1.807, 2.05) is 0 Å². The van der Waals surface area contributed by atoms with E-state index < -0.39 is 0 Å². The molecular formula is C50H44N2. The summed E-state index contributed by atoms with van der Waals surface area (Å²) >= 11 is 0. The first-order valence-electron chi connectivity index (χ1n) is 18.2. The highest BCUT2D eigenvalue weighted by atomic mass is 15.1. The van der Waals surface area contributed by atoms with Crippen molar-refractivity contribution in [3.63, 3.8) is 0 Å². The number of hydrogen-bond acceptors (Lipinski definition) is 1. The Morgan fingerprint density at radius 2 is 1.40 bits per heavy atom. The zero-order valence-corrected chi connectivity index (χ0v) is 29.9. The smallest absolute Gasteiger partial charge is 0.0613 e. The Bertz CT molecular complexity index is 2290. The van der Waals surface area contributed by atoms with Gasteiger partial charge in [0.15, 0.2) is 0 Å². The van der Waals surface area contributed by atoms with Crippen LogP contribution in [0.15, 0.2) is 200 Å². The molecule has 7 rings (SSSR count). The molecule has 0 spiro atoms. The molecule has 5 aromatic carbocycles. The second kappa shape index (κ2) is 16.6. The third kappa shape index (κ3) is 7.38. The van der Waals surface area contributed by atoms with Crippen LogP contribution in [-0.4, -0.2) is 4.57 Å². The van der Waals surface area contributed by atoms with E-state index in [0.29, 0.717) is 0 Å². The Kier molecular flexibility index (Phi) is 10.8. The molecule has 1 aromatic heterocycles. The molecule has 0 saturated heterocycles. The lowest BCUT2D eigenvalue weighted by molar-refractivity contribution is 1.12. The highest BCUT2D eigenvalue weighted by Gasteiger charge is 2.23. The van der Waals surface area contributed by atoms with Gasteiger partial charge in [-0.2, -0.15) is 0 Å². The molecule has 2 heteroatoms. The molecule has 0 unspecified atom stereocenters. The van der Waals surface area contributed by atoms with Crippen molar-refractivity contribution in [3.05, 3.63) is 217 Å². The third-order valence-electron chi connectivity index (χ3n) is 9.31. The summed E-state index contributed by atoms with van der Waals surface area (Å²) in [6.45, 7) is 4.33. The number of benzene rings is 5. The number of aromatic nitrogens is 1. The number of para-hydroxylation sites is 2. The van der Waals surface area contributed by atoms with Gasteiger partial charge in [-0.3, -0.25) is 0 Å². The van der Waals surface area contributed by atoms with E-state index in [9.17, 15) is 0 Å². The van der Waals surface area contributed by atoms with Crippen molar-refractivity contribution in [2.24, 2.45) is 0 Å². The molecule has 2 nitrogen and oxygen atoms in total. The first-order chi connectivity index (χ1) is 25.8. The minimum absolute atomic E-state index is 0.882. The molecule has 0 bridgehead atoms. The Labute approximate surface area is 309 Å². The fourth-order valence-electron chi connectivity index (χ4n) is 6.94. The van der Waals surface area contributed by atoms with Gasteiger partial charge in [-0.25, -0.2) is 0 Å². The highest BCUT2D eigenvalue weighted by molar-refractivity contribution is 5.95. The Balaban J connectivity index is 1.44. The summed E-state index contributed by atoms with van der Waals surface area (Å²) in [4.78, 5) is 2.38. The number of rotatable bonds is 11.